The molecule has 0 atom stereocenters. The average Bonchev–Trinajstić information content (AvgIpc) is 2.42. The van der Waals surface area contributed by atoms with Crippen LogP contribution >= 0.6 is 0 Å². The van der Waals surface area contributed by atoms with E-state index in [9.17, 15) is 0 Å². The number of rotatable bonds is 4. The monoisotopic (exact) mass is 277 g/mol. The van der Waals surface area contributed by atoms with Crippen LogP contribution in [0, 0.1) is 12.3 Å². The average molecular weight is 277 g/mol. The van der Waals surface area contributed by atoms with E-state index in [0.29, 0.717) is 11.5 Å². The molecule has 112 valence electrons. The number of anilines is 1. The van der Waals surface area contributed by atoms with Crippen LogP contribution in [0.25, 0.3) is 0 Å². The highest BCUT2D eigenvalue weighted by Gasteiger charge is 2.27. The number of benzene rings is 1. The van der Waals surface area contributed by atoms with E-state index in [2.05, 4.69) is 26.1 Å². The maximum atomic E-state index is 5.39. The van der Waals surface area contributed by atoms with E-state index in [1.807, 2.05) is 12.1 Å². The minimum absolute atomic E-state index is 0.505. The van der Waals surface area contributed by atoms with Crippen molar-refractivity contribution in [3.05, 3.63) is 17.7 Å². The van der Waals surface area contributed by atoms with Crippen molar-refractivity contribution in [2.75, 3.05) is 19.5 Å². The fraction of sp³-hybridized carbons (Fsp3) is 0.647. The standard InChI is InChI=1S/C17H27NO2/c1-12-10-15(19-4)16(20-5)11-14(12)18-13-6-8-17(2,3)9-7-13/h10-11,13,18H,6-9H2,1-5H3. The lowest BCUT2D eigenvalue weighted by Crippen LogP contribution is -2.30. The lowest BCUT2D eigenvalue weighted by molar-refractivity contribution is 0.232. The first-order valence-corrected chi connectivity index (χ1v) is 7.44. The molecule has 0 bridgehead atoms. The summed E-state index contributed by atoms with van der Waals surface area (Å²) in [6, 6.07) is 4.65. The molecule has 0 heterocycles. The molecular weight excluding hydrogens is 250 g/mol. The first kappa shape index (κ1) is 15.0. The molecule has 1 aromatic rings. The fourth-order valence-corrected chi connectivity index (χ4v) is 2.90. The van der Waals surface area contributed by atoms with E-state index >= 15 is 0 Å². The number of nitrogens with one attached hydrogen (secondary N) is 1. The molecule has 0 spiro atoms. The molecule has 3 heteroatoms. The molecule has 1 N–H and O–H groups in total. The lowest BCUT2D eigenvalue weighted by Gasteiger charge is -2.35. The van der Waals surface area contributed by atoms with Crippen LogP contribution in [0.5, 0.6) is 11.5 Å². The Hall–Kier alpha value is -1.38. The Bertz CT molecular complexity index is 458. The van der Waals surface area contributed by atoms with Gasteiger partial charge in [0.15, 0.2) is 11.5 Å². The Morgan fingerprint density at radius 3 is 2.15 bits per heavy atom. The van der Waals surface area contributed by atoms with Gasteiger partial charge < -0.3 is 14.8 Å². The molecule has 20 heavy (non-hydrogen) atoms. The third-order valence-corrected chi connectivity index (χ3v) is 4.43. The first-order valence-electron chi connectivity index (χ1n) is 7.44. The van der Waals surface area contributed by atoms with Gasteiger partial charge in [-0.25, -0.2) is 0 Å². The molecule has 1 aliphatic carbocycles. The number of methoxy groups -OCH3 is 2. The van der Waals surface area contributed by atoms with Gasteiger partial charge in [-0.15, -0.1) is 0 Å². The summed E-state index contributed by atoms with van der Waals surface area (Å²) in [5.41, 5.74) is 2.87. The van der Waals surface area contributed by atoms with Crippen molar-refractivity contribution in [3.63, 3.8) is 0 Å². The van der Waals surface area contributed by atoms with Crippen molar-refractivity contribution in [3.8, 4) is 11.5 Å². The SMILES string of the molecule is COc1cc(C)c(NC2CCC(C)(C)CC2)cc1OC. The molecule has 3 nitrogen and oxygen atoms in total. The van der Waals surface area contributed by atoms with E-state index in [4.69, 9.17) is 9.47 Å². The van der Waals surface area contributed by atoms with E-state index in [1.165, 1.54) is 31.2 Å². The van der Waals surface area contributed by atoms with Crippen molar-refractivity contribution in [1.29, 1.82) is 0 Å². The van der Waals surface area contributed by atoms with Gasteiger partial charge in [-0.05, 0) is 49.7 Å². The van der Waals surface area contributed by atoms with Gasteiger partial charge in [-0.1, -0.05) is 13.8 Å². The predicted octanol–water partition coefficient (Wildman–Crippen LogP) is 4.39. The van der Waals surface area contributed by atoms with Crippen LogP contribution in [0.2, 0.25) is 0 Å². The van der Waals surface area contributed by atoms with Crippen molar-refractivity contribution in [1.82, 2.24) is 0 Å². The van der Waals surface area contributed by atoms with E-state index in [1.54, 1.807) is 14.2 Å². The Kier molecular flexibility index (Phi) is 4.46. The maximum Gasteiger partial charge on any atom is 0.162 e. The molecule has 0 aromatic heterocycles. The Morgan fingerprint density at radius 1 is 1.05 bits per heavy atom. The van der Waals surface area contributed by atoms with E-state index < -0.39 is 0 Å². The second kappa shape index (κ2) is 5.94. The second-order valence-corrected chi connectivity index (χ2v) is 6.60. The highest BCUT2D eigenvalue weighted by atomic mass is 16.5. The highest BCUT2D eigenvalue weighted by molar-refractivity contribution is 5.60. The fourth-order valence-electron chi connectivity index (χ4n) is 2.90. The van der Waals surface area contributed by atoms with Crippen LogP contribution in [0.3, 0.4) is 0 Å². The normalized spacial score (nSPS) is 18.6. The topological polar surface area (TPSA) is 30.5 Å². The lowest BCUT2D eigenvalue weighted by atomic mass is 9.75. The molecular formula is C17H27NO2. The number of hydrogen-bond donors (Lipinski definition) is 1. The summed E-state index contributed by atoms with van der Waals surface area (Å²) in [5, 5.41) is 3.68. The summed E-state index contributed by atoms with van der Waals surface area (Å²) in [5.74, 6) is 1.58. The maximum absolute atomic E-state index is 5.39. The molecule has 1 aliphatic rings. The molecule has 1 fully saturated rings. The van der Waals surface area contributed by atoms with Crippen molar-refractivity contribution < 1.29 is 9.47 Å². The molecule has 0 saturated heterocycles. The molecule has 1 aromatic carbocycles. The third kappa shape index (κ3) is 3.38. The Labute approximate surface area is 122 Å². The molecule has 0 radical (unpaired) electrons. The van der Waals surface area contributed by atoms with Gasteiger partial charge in [-0.3, -0.25) is 0 Å². The minimum Gasteiger partial charge on any atom is -0.493 e. The van der Waals surface area contributed by atoms with Gasteiger partial charge in [-0.2, -0.15) is 0 Å². The van der Waals surface area contributed by atoms with Gasteiger partial charge in [0.2, 0.25) is 0 Å². The van der Waals surface area contributed by atoms with Crippen molar-refractivity contribution >= 4 is 5.69 Å². The van der Waals surface area contributed by atoms with Gasteiger partial charge >= 0.3 is 0 Å². The summed E-state index contributed by atoms with van der Waals surface area (Å²) >= 11 is 0. The second-order valence-electron chi connectivity index (χ2n) is 6.60. The third-order valence-electron chi connectivity index (χ3n) is 4.43. The van der Waals surface area contributed by atoms with Crippen molar-refractivity contribution in [2.24, 2.45) is 5.41 Å². The molecule has 0 unspecified atom stereocenters. The molecule has 2 rings (SSSR count). The van der Waals surface area contributed by atoms with Gasteiger partial charge in [0.05, 0.1) is 14.2 Å². The Morgan fingerprint density at radius 2 is 1.60 bits per heavy atom. The first-order chi connectivity index (χ1) is 9.45. The smallest absolute Gasteiger partial charge is 0.162 e. The van der Waals surface area contributed by atoms with Crippen LogP contribution in [0.1, 0.15) is 45.1 Å². The van der Waals surface area contributed by atoms with Crippen LogP contribution in [-0.2, 0) is 0 Å². The Balaban J connectivity index is 2.10. The summed E-state index contributed by atoms with van der Waals surface area (Å²) < 4.78 is 10.7. The molecule has 1 saturated carbocycles. The zero-order valence-electron chi connectivity index (χ0n) is 13.4. The van der Waals surface area contributed by atoms with Crippen LogP contribution in [0.15, 0.2) is 12.1 Å². The van der Waals surface area contributed by atoms with Crippen LogP contribution < -0.4 is 14.8 Å². The summed E-state index contributed by atoms with van der Waals surface area (Å²) in [4.78, 5) is 0. The van der Waals surface area contributed by atoms with E-state index in [0.717, 1.165) is 17.2 Å². The van der Waals surface area contributed by atoms with E-state index in [-0.39, 0.29) is 0 Å². The number of aryl methyl sites for hydroxylation is 1. The van der Waals surface area contributed by atoms with Crippen LogP contribution in [-0.4, -0.2) is 20.3 Å². The van der Waals surface area contributed by atoms with Crippen molar-refractivity contribution in [2.45, 2.75) is 52.5 Å². The molecule has 0 aliphatic heterocycles. The quantitative estimate of drug-likeness (QED) is 0.885. The van der Waals surface area contributed by atoms with Gasteiger partial charge in [0.25, 0.3) is 0 Å². The summed E-state index contributed by atoms with van der Waals surface area (Å²) in [6.07, 6.45) is 5.05. The predicted molar refractivity (Wildman–Crippen MR) is 83.9 cm³/mol. The number of ether oxygens (including phenoxy) is 2. The minimum atomic E-state index is 0.505. The zero-order valence-corrected chi connectivity index (χ0v) is 13.4. The highest BCUT2D eigenvalue weighted by Crippen LogP contribution is 2.38. The zero-order chi connectivity index (χ0) is 14.8. The number of hydrogen-bond acceptors (Lipinski definition) is 3. The largest absolute Gasteiger partial charge is 0.493 e. The summed E-state index contributed by atoms with van der Waals surface area (Å²) in [6.45, 7) is 6.84. The van der Waals surface area contributed by atoms with Gasteiger partial charge in [0, 0.05) is 17.8 Å². The van der Waals surface area contributed by atoms with Crippen LogP contribution in [0.4, 0.5) is 5.69 Å². The summed E-state index contributed by atoms with van der Waals surface area (Å²) in [7, 11) is 3.35. The van der Waals surface area contributed by atoms with Gasteiger partial charge in [0.1, 0.15) is 0 Å². The molecule has 0 amide bonds.